The number of hydrogen-bond donors (Lipinski definition) is 0. The molecule has 1 saturated heterocycles. The molecule has 0 N–H and O–H groups in total. The summed E-state index contributed by atoms with van der Waals surface area (Å²) >= 11 is 0. The number of methoxy groups -OCH3 is 2. The summed E-state index contributed by atoms with van der Waals surface area (Å²) in [4.78, 5) is 22.8. The quantitative estimate of drug-likeness (QED) is 0.665. The Morgan fingerprint density at radius 3 is 2.42 bits per heavy atom. The van der Waals surface area contributed by atoms with Gasteiger partial charge in [0.15, 0.2) is 5.25 Å². The van der Waals surface area contributed by atoms with Crippen molar-refractivity contribution in [3.63, 3.8) is 0 Å². The van der Waals surface area contributed by atoms with E-state index in [0.717, 1.165) is 7.11 Å². The summed E-state index contributed by atoms with van der Waals surface area (Å²) in [5.41, 5.74) is 0. The van der Waals surface area contributed by atoms with Gasteiger partial charge < -0.3 is 9.47 Å². The molecule has 0 aromatic carbocycles. The van der Waals surface area contributed by atoms with Crippen molar-refractivity contribution in [3.05, 3.63) is 0 Å². The van der Waals surface area contributed by atoms with Crippen LogP contribution in [0.25, 0.3) is 0 Å². The standard InChI is InChI=1S/C11H19NO6S/c1-8(10(13)17-2)19(15,16)12-6-4-5-9(7-12)11(14)18-3/h8-9H,4-7H2,1-3H3/t8?,9-/m0/s1. The average molecular weight is 293 g/mol. The number of piperidine rings is 1. The predicted octanol–water partition coefficient (Wildman–Crippen LogP) is -0.237. The van der Waals surface area contributed by atoms with Gasteiger partial charge in [-0.3, -0.25) is 9.59 Å². The Labute approximate surface area is 112 Å². The zero-order chi connectivity index (χ0) is 14.6. The summed E-state index contributed by atoms with van der Waals surface area (Å²) in [5.74, 6) is -1.70. The van der Waals surface area contributed by atoms with Crippen LogP contribution >= 0.6 is 0 Å². The first-order valence-electron chi connectivity index (χ1n) is 5.99. The Kier molecular flexibility index (Phi) is 5.30. The van der Waals surface area contributed by atoms with Crippen LogP contribution in [0.15, 0.2) is 0 Å². The minimum Gasteiger partial charge on any atom is -0.469 e. The number of nitrogens with zero attached hydrogens (tertiary/aromatic N) is 1. The van der Waals surface area contributed by atoms with Crippen molar-refractivity contribution in [2.24, 2.45) is 5.92 Å². The molecule has 19 heavy (non-hydrogen) atoms. The van der Waals surface area contributed by atoms with Gasteiger partial charge in [-0.2, -0.15) is 0 Å². The molecule has 0 amide bonds. The zero-order valence-electron chi connectivity index (χ0n) is 11.3. The maximum atomic E-state index is 12.2. The van der Waals surface area contributed by atoms with Crippen LogP contribution < -0.4 is 0 Å². The molecule has 1 fully saturated rings. The molecular weight excluding hydrogens is 274 g/mol. The average Bonchev–Trinajstić information content (AvgIpc) is 2.44. The molecule has 1 aliphatic heterocycles. The summed E-state index contributed by atoms with van der Waals surface area (Å²) < 4.78 is 34.7. The molecule has 110 valence electrons. The van der Waals surface area contributed by atoms with Crippen LogP contribution in [0.2, 0.25) is 0 Å². The number of sulfonamides is 1. The number of ether oxygens (including phenoxy) is 2. The number of carbonyl (C=O) groups excluding carboxylic acids is 2. The minimum atomic E-state index is -3.80. The highest BCUT2D eigenvalue weighted by atomic mass is 32.2. The highest BCUT2D eigenvalue weighted by Gasteiger charge is 2.38. The van der Waals surface area contributed by atoms with Gasteiger partial charge in [-0.05, 0) is 19.8 Å². The van der Waals surface area contributed by atoms with E-state index in [1.807, 2.05) is 0 Å². The van der Waals surface area contributed by atoms with Crippen molar-refractivity contribution in [3.8, 4) is 0 Å². The lowest BCUT2D eigenvalue weighted by Crippen LogP contribution is -2.47. The van der Waals surface area contributed by atoms with Crippen molar-refractivity contribution in [1.29, 1.82) is 0 Å². The lowest BCUT2D eigenvalue weighted by Gasteiger charge is -2.31. The molecule has 7 nitrogen and oxygen atoms in total. The second-order valence-corrected chi connectivity index (χ2v) is 6.68. The van der Waals surface area contributed by atoms with Crippen LogP contribution in [0.4, 0.5) is 0 Å². The molecule has 0 saturated carbocycles. The molecule has 1 unspecified atom stereocenters. The largest absolute Gasteiger partial charge is 0.469 e. The summed E-state index contributed by atoms with van der Waals surface area (Å²) in [6.07, 6.45) is 1.15. The maximum Gasteiger partial charge on any atom is 0.325 e. The van der Waals surface area contributed by atoms with Crippen molar-refractivity contribution in [1.82, 2.24) is 4.31 Å². The van der Waals surface area contributed by atoms with Crippen LogP contribution in [0.1, 0.15) is 19.8 Å². The van der Waals surface area contributed by atoms with Crippen LogP contribution in [-0.2, 0) is 29.1 Å². The molecule has 0 aromatic heterocycles. The molecule has 8 heteroatoms. The van der Waals surface area contributed by atoms with E-state index in [4.69, 9.17) is 0 Å². The van der Waals surface area contributed by atoms with Crippen molar-refractivity contribution in [2.45, 2.75) is 25.0 Å². The second kappa shape index (κ2) is 6.33. The zero-order valence-corrected chi connectivity index (χ0v) is 12.1. The normalized spacial score (nSPS) is 22.6. The van der Waals surface area contributed by atoms with Crippen LogP contribution in [0.5, 0.6) is 0 Å². The van der Waals surface area contributed by atoms with Gasteiger partial charge >= 0.3 is 11.9 Å². The number of hydrogen-bond acceptors (Lipinski definition) is 6. The first-order chi connectivity index (χ1) is 8.84. The third-order valence-electron chi connectivity index (χ3n) is 3.26. The first kappa shape index (κ1) is 15.9. The van der Waals surface area contributed by atoms with Gasteiger partial charge in [-0.1, -0.05) is 0 Å². The highest BCUT2D eigenvalue weighted by molar-refractivity contribution is 7.90. The van der Waals surface area contributed by atoms with Crippen LogP contribution in [0, 0.1) is 5.92 Å². The molecule has 0 spiro atoms. The predicted molar refractivity (Wildman–Crippen MR) is 66.7 cm³/mol. The lowest BCUT2D eigenvalue weighted by atomic mass is 10.0. The topological polar surface area (TPSA) is 90.0 Å². The minimum absolute atomic E-state index is 0.0519. The summed E-state index contributed by atoms with van der Waals surface area (Å²) in [6.45, 7) is 1.64. The van der Waals surface area contributed by atoms with E-state index in [9.17, 15) is 18.0 Å². The summed E-state index contributed by atoms with van der Waals surface area (Å²) in [6, 6.07) is 0. The molecule has 1 rings (SSSR count). The number of rotatable bonds is 4. The monoisotopic (exact) mass is 293 g/mol. The van der Waals surface area contributed by atoms with Gasteiger partial charge in [-0.25, -0.2) is 12.7 Å². The van der Waals surface area contributed by atoms with Crippen LogP contribution in [0.3, 0.4) is 0 Å². The molecular formula is C11H19NO6S. The van der Waals surface area contributed by atoms with E-state index in [0.29, 0.717) is 19.4 Å². The smallest absolute Gasteiger partial charge is 0.325 e. The third-order valence-corrected chi connectivity index (χ3v) is 5.40. The maximum absolute atomic E-state index is 12.2. The Morgan fingerprint density at radius 1 is 1.26 bits per heavy atom. The second-order valence-electron chi connectivity index (χ2n) is 4.43. The molecule has 0 aromatic rings. The van der Waals surface area contributed by atoms with E-state index < -0.39 is 33.1 Å². The first-order valence-corrected chi connectivity index (χ1v) is 7.49. The Balaban J connectivity index is 2.84. The third kappa shape index (κ3) is 3.44. The molecule has 0 aliphatic carbocycles. The SMILES string of the molecule is COC(=O)C(C)S(=O)(=O)N1CCC[C@H](C(=O)OC)C1. The highest BCUT2D eigenvalue weighted by Crippen LogP contribution is 2.22. The summed E-state index contributed by atoms with van der Waals surface area (Å²) in [5, 5.41) is -1.27. The van der Waals surface area contributed by atoms with E-state index in [1.165, 1.54) is 18.3 Å². The number of carbonyl (C=O) groups is 2. The van der Waals surface area contributed by atoms with E-state index in [-0.39, 0.29) is 6.54 Å². The van der Waals surface area contributed by atoms with Gasteiger partial charge in [0.2, 0.25) is 10.0 Å². The van der Waals surface area contributed by atoms with Crippen LogP contribution in [-0.4, -0.2) is 57.2 Å². The molecule has 0 bridgehead atoms. The van der Waals surface area contributed by atoms with Gasteiger partial charge in [0.05, 0.1) is 20.1 Å². The van der Waals surface area contributed by atoms with E-state index in [2.05, 4.69) is 9.47 Å². The van der Waals surface area contributed by atoms with Crippen molar-refractivity contribution >= 4 is 22.0 Å². The Morgan fingerprint density at radius 2 is 1.89 bits per heavy atom. The lowest BCUT2D eigenvalue weighted by molar-refractivity contribution is -0.146. The molecule has 0 radical (unpaired) electrons. The van der Waals surface area contributed by atoms with Gasteiger partial charge in [0, 0.05) is 13.1 Å². The van der Waals surface area contributed by atoms with Crippen molar-refractivity contribution < 1.29 is 27.5 Å². The van der Waals surface area contributed by atoms with Gasteiger partial charge in [-0.15, -0.1) is 0 Å². The molecule has 2 atom stereocenters. The fourth-order valence-electron chi connectivity index (χ4n) is 2.04. The van der Waals surface area contributed by atoms with Gasteiger partial charge in [0.1, 0.15) is 0 Å². The fourth-order valence-corrected chi connectivity index (χ4v) is 3.60. The number of esters is 2. The molecule has 1 heterocycles. The Bertz CT molecular complexity index is 446. The van der Waals surface area contributed by atoms with Gasteiger partial charge in [0.25, 0.3) is 0 Å². The van der Waals surface area contributed by atoms with Crippen molar-refractivity contribution in [2.75, 3.05) is 27.3 Å². The van der Waals surface area contributed by atoms with E-state index in [1.54, 1.807) is 0 Å². The Hall–Kier alpha value is -1.15. The summed E-state index contributed by atoms with van der Waals surface area (Å²) in [7, 11) is -1.39. The fraction of sp³-hybridized carbons (Fsp3) is 0.818. The molecule has 1 aliphatic rings. The van der Waals surface area contributed by atoms with E-state index >= 15 is 0 Å².